The van der Waals surface area contributed by atoms with E-state index in [9.17, 15) is 9.59 Å². The van der Waals surface area contributed by atoms with Crippen LogP contribution in [0.15, 0.2) is 24.4 Å². The molecule has 1 aromatic carbocycles. The van der Waals surface area contributed by atoms with Crippen molar-refractivity contribution in [1.29, 1.82) is 0 Å². The van der Waals surface area contributed by atoms with Gasteiger partial charge in [-0.3, -0.25) is 9.59 Å². The number of nitrogens with zero attached hydrogens (tertiary/aromatic N) is 2. The van der Waals surface area contributed by atoms with Crippen LogP contribution in [0.3, 0.4) is 0 Å². The molecule has 3 heterocycles. The maximum Gasteiger partial charge on any atom is 0.240 e. The van der Waals surface area contributed by atoms with Gasteiger partial charge in [0, 0.05) is 22.7 Å². The first-order valence-corrected chi connectivity index (χ1v) is 8.11. The summed E-state index contributed by atoms with van der Waals surface area (Å²) in [5, 5.41) is 10.7. The summed E-state index contributed by atoms with van der Waals surface area (Å²) in [7, 11) is 0. The molecule has 0 bridgehead atoms. The quantitative estimate of drug-likeness (QED) is 0.771. The molecule has 2 N–H and O–H groups in total. The Kier molecular flexibility index (Phi) is 2.91. The van der Waals surface area contributed by atoms with Crippen LogP contribution in [0.2, 0.25) is 5.02 Å². The van der Waals surface area contributed by atoms with Crippen LogP contribution in [0.25, 0.3) is 0 Å². The molecule has 0 unspecified atom stereocenters. The molecule has 2 aliphatic rings. The van der Waals surface area contributed by atoms with Crippen LogP contribution in [0.4, 0.5) is 11.5 Å². The van der Waals surface area contributed by atoms with E-state index in [1.54, 1.807) is 29.1 Å². The Morgan fingerprint density at radius 2 is 1.96 bits per heavy atom. The van der Waals surface area contributed by atoms with Gasteiger partial charge < -0.3 is 10.6 Å². The summed E-state index contributed by atoms with van der Waals surface area (Å²) in [6.07, 6.45) is 1.71. The molecule has 124 valence electrons. The molecule has 2 amide bonds. The number of amides is 2. The Hall–Kier alpha value is -2.34. The van der Waals surface area contributed by atoms with Crippen molar-refractivity contribution in [1.82, 2.24) is 9.78 Å². The summed E-state index contributed by atoms with van der Waals surface area (Å²) >= 11 is 6.15. The highest BCUT2D eigenvalue weighted by molar-refractivity contribution is 6.31. The number of anilines is 2. The van der Waals surface area contributed by atoms with Gasteiger partial charge in [-0.2, -0.15) is 5.10 Å². The molecule has 24 heavy (non-hydrogen) atoms. The summed E-state index contributed by atoms with van der Waals surface area (Å²) in [6.45, 7) is 5.98. The summed E-state index contributed by atoms with van der Waals surface area (Å²) < 4.78 is 1.75. The van der Waals surface area contributed by atoms with Gasteiger partial charge in [-0.1, -0.05) is 11.6 Å². The summed E-state index contributed by atoms with van der Waals surface area (Å²) in [5.41, 5.74) is 0.709. The van der Waals surface area contributed by atoms with Gasteiger partial charge in [0.25, 0.3) is 0 Å². The van der Waals surface area contributed by atoms with Gasteiger partial charge in [-0.05, 0) is 44.5 Å². The maximum atomic E-state index is 12.9. The largest absolute Gasteiger partial charge is 0.325 e. The second-order valence-electron chi connectivity index (χ2n) is 7.26. The first-order chi connectivity index (χ1) is 11.2. The van der Waals surface area contributed by atoms with Gasteiger partial charge in [0.05, 0.1) is 11.7 Å². The number of aromatic nitrogens is 2. The lowest BCUT2D eigenvalue weighted by molar-refractivity contribution is -0.125. The third kappa shape index (κ3) is 1.86. The van der Waals surface area contributed by atoms with Crippen molar-refractivity contribution < 1.29 is 9.59 Å². The smallest absolute Gasteiger partial charge is 0.240 e. The number of carbonyl (C=O) groups is 2. The lowest BCUT2D eigenvalue weighted by atomic mass is 9.72. The first-order valence-electron chi connectivity index (χ1n) is 7.74. The van der Waals surface area contributed by atoms with E-state index >= 15 is 0 Å². The highest BCUT2D eigenvalue weighted by Crippen LogP contribution is 2.50. The zero-order valence-corrected chi connectivity index (χ0v) is 14.4. The number of halogens is 1. The second kappa shape index (κ2) is 4.60. The minimum atomic E-state index is -1.08. The van der Waals surface area contributed by atoms with Crippen LogP contribution in [0, 0.1) is 0 Å². The van der Waals surface area contributed by atoms with Gasteiger partial charge in [0.2, 0.25) is 11.8 Å². The van der Waals surface area contributed by atoms with Gasteiger partial charge >= 0.3 is 0 Å². The van der Waals surface area contributed by atoms with Crippen molar-refractivity contribution in [2.75, 3.05) is 10.6 Å². The molecule has 2 aromatic rings. The van der Waals surface area contributed by atoms with Crippen molar-refractivity contribution in [3.8, 4) is 0 Å². The number of carbonyl (C=O) groups excluding carboxylic acids is 2. The Bertz CT molecular complexity index is 896. The maximum absolute atomic E-state index is 12.9. The lowest BCUT2D eigenvalue weighted by Gasteiger charge is -2.33. The molecule has 1 atom stereocenters. The normalized spacial score (nSPS) is 22.2. The topological polar surface area (TPSA) is 76.0 Å². The minimum absolute atomic E-state index is 0.0367. The fourth-order valence-corrected chi connectivity index (χ4v) is 3.75. The third-order valence-corrected chi connectivity index (χ3v) is 4.86. The molecule has 7 heteroatoms. The molecule has 0 fully saturated rings. The third-order valence-electron chi connectivity index (χ3n) is 4.63. The Morgan fingerprint density at radius 3 is 2.67 bits per heavy atom. The number of rotatable bonds is 0. The Balaban J connectivity index is 2.03. The van der Waals surface area contributed by atoms with E-state index in [0.717, 1.165) is 5.56 Å². The van der Waals surface area contributed by atoms with E-state index in [4.69, 9.17) is 11.6 Å². The standard InChI is InChI=1S/C17H17ClN4O2/c1-16(2,3)22-14-11(8-19-22)17(7-13(23)21-14)10-6-9(18)4-5-12(10)20-15(17)24/h4-6,8H,7H2,1-3H3,(H,20,24)(H,21,23)/t17-/m0/s1. The summed E-state index contributed by atoms with van der Waals surface area (Å²) in [4.78, 5) is 25.4. The zero-order valence-electron chi connectivity index (χ0n) is 13.6. The van der Waals surface area contributed by atoms with Crippen molar-refractivity contribution in [2.45, 2.75) is 38.1 Å². The fraction of sp³-hybridized carbons (Fsp3) is 0.353. The van der Waals surface area contributed by atoms with Crippen LogP contribution in [0.5, 0.6) is 0 Å². The number of hydrogen-bond acceptors (Lipinski definition) is 3. The summed E-state index contributed by atoms with van der Waals surface area (Å²) in [5.74, 6) is 0.141. The van der Waals surface area contributed by atoms with Crippen LogP contribution in [-0.4, -0.2) is 21.6 Å². The average molecular weight is 345 g/mol. The molecule has 0 saturated carbocycles. The van der Waals surface area contributed by atoms with E-state index in [1.165, 1.54) is 0 Å². The molecule has 2 aliphatic heterocycles. The highest BCUT2D eigenvalue weighted by atomic mass is 35.5. The Morgan fingerprint density at radius 1 is 1.21 bits per heavy atom. The van der Waals surface area contributed by atoms with Crippen LogP contribution in [0.1, 0.15) is 38.3 Å². The van der Waals surface area contributed by atoms with Crippen molar-refractivity contribution in [3.05, 3.63) is 40.5 Å². The summed E-state index contributed by atoms with van der Waals surface area (Å²) in [6, 6.07) is 5.25. The first kappa shape index (κ1) is 15.2. The average Bonchev–Trinajstić information content (AvgIpc) is 3.01. The molecule has 1 aromatic heterocycles. The number of nitrogens with one attached hydrogen (secondary N) is 2. The molecular weight excluding hydrogens is 328 g/mol. The van der Waals surface area contributed by atoms with Crippen molar-refractivity contribution >= 4 is 34.9 Å². The monoisotopic (exact) mass is 344 g/mol. The molecule has 0 radical (unpaired) electrons. The number of fused-ring (bicyclic) bond motifs is 4. The second-order valence-corrected chi connectivity index (χ2v) is 7.70. The minimum Gasteiger partial charge on any atom is -0.325 e. The zero-order chi connectivity index (χ0) is 17.3. The Labute approximate surface area is 144 Å². The predicted octanol–water partition coefficient (Wildman–Crippen LogP) is 2.87. The predicted molar refractivity (Wildman–Crippen MR) is 91.3 cm³/mol. The number of hydrogen-bond donors (Lipinski definition) is 2. The molecule has 0 aliphatic carbocycles. The van der Waals surface area contributed by atoms with Gasteiger partial charge in [0.1, 0.15) is 11.2 Å². The SMILES string of the molecule is CC(C)(C)n1ncc2c1NC(=O)C[C@@]21C(=O)Nc2ccc(Cl)cc21. The molecular formula is C17H17ClN4O2. The van der Waals surface area contributed by atoms with Gasteiger partial charge in [-0.25, -0.2) is 4.68 Å². The van der Waals surface area contributed by atoms with E-state index in [2.05, 4.69) is 15.7 Å². The fourth-order valence-electron chi connectivity index (χ4n) is 3.57. The van der Waals surface area contributed by atoms with Crippen LogP contribution >= 0.6 is 11.6 Å². The van der Waals surface area contributed by atoms with Crippen molar-refractivity contribution in [3.63, 3.8) is 0 Å². The van der Waals surface area contributed by atoms with Crippen LogP contribution < -0.4 is 10.6 Å². The van der Waals surface area contributed by atoms with E-state index in [-0.39, 0.29) is 23.8 Å². The van der Waals surface area contributed by atoms with E-state index in [0.29, 0.717) is 22.1 Å². The van der Waals surface area contributed by atoms with E-state index in [1.807, 2.05) is 20.8 Å². The molecule has 1 spiro atoms. The van der Waals surface area contributed by atoms with Crippen molar-refractivity contribution in [2.24, 2.45) is 0 Å². The molecule has 0 saturated heterocycles. The lowest BCUT2D eigenvalue weighted by Crippen LogP contribution is -2.44. The van der Waals surface area contributed by atoms with Gasteiger partial charge in [-0.15, -0.1) is 0 Å². The molecule has 6 nitrogen and oxygen atoms in total. The number of benzene rings is 1. The van der Waals surface area contributed by atoms with E-state index < -0.39 is 5.41 Å². The highest BCUT2D eigenvalue weighted by Gasteiger charge is 2.54. The van der Waals surface area contributed by atoms with Gasteiger partial charge in [0.15, 0.2) is 0 Å². The van der Waals surface area contributed by atoms with Crippen LogP contribution in [-0.2, 0) is 20.5 Å². The molecule has 4 rings (SSSR count).